The summed E-state index contributed by atoms with van der Waals surface area (Å²) >= 11 is 3.28. The van der Waals surface area contributed by atoms with E-state index in [0.29, 0.717) is 22.1 Å². The van der Waals surface area contributed by atoms with Crippen molar-refractivity contribution in [1.29, 1.82) is 0 Å². The fourth-order valence-electron chi connectivity index (χ4n) is 1.25. The van der Waals surface area contributed by atoms with E-state index in [2.05, 4.69) is 27.2 Å². The molecule has 0 saturated carbocycles. The number of amides is 1. The highest BCUT2D eigenvalue weighted by Crippen LogP contribution is 2.23. The molecule has 16 heavy (non-hydrogen) atoms. The van der Waals surface area contributed by atoms with Crippen LogP contribution in [0.1, 0.15) is 23.7 Å². The Kier molecular flexibility index (Phi) is 4.39. The highest BCUT2D eigenvalue weighted by Gasteiger charge is 2.13. The molecule has 0 bridgehead atoms. The van der Waals surface area contributed by atoms with Crippen LogP contribution in [0.5, 0.6) is 0 Å². The van der Waals surface area contributed by atoms with Gasteiger partial charge in [0.15, 0.2) is 0 Å². The first-order valence-corrected chi connectivity index (χ1v) is 5.64. The molecule has 1 amide bonds. The highest BCUT2D eigenvalue weighted by molar-refractivity contribution is 9.10. The molecule has 1 aromatic rings. The van der Waals surface area contributed by atoms with E-state index in [1.54, 1.807) is 18.2 Å². The Balaban J connectivity index is 2.82. The molecule has 1 aromatic carbocycles. The summed E-state index contributed by atoms with van der Waals surface area (Å²) in [5.41, 5.74) is 6.75. The molecule has 0 spiro atoms. The molecule has 0 aliphatic heterocycles. The monoisotopic (exact) mass is 280 g/mol. The number of hydrogen-bond acceptors (Lipinski definition) is 2. The molecule has 3 N–H and O–H groups in total. The van der Waals surface area contributed by atoms with Crippen molar-refractivity contribution < 1.29 is 4.79 Å². The number of terminal acetylenes is 1. The molecule has 3 nitrogen and oxygen atoms in total. The van der Waals surface area contributed by atoms with Crippen LogP contribution in [-0.2, 0) is 0 Å². The van der Waals surface area contributed by atoms with Gasteiger partial charge in [-0.25, -0.2) is 0 Å². The van der Waals surface area contributed by atoms with Crippen molar-refractivity contribution in [3.63, 3.8) is 0 Å². The lowest BCUT2D eigenvalue weighted by atomic mass is 10.1. The Morgan fingerprint density at radius 3 is 3.00 bits per heavy atom. The molecule has 1 atom stereocenters. The van der Waals surface area contributed by atoms with Gasteiger partial charge in [0.1, 0.15) is 0 Å². The second kappa shape index (κ2) is 5.57. The Bertz CT molecular complexity index is 437. The van der Waals surface area contributed by atoms with Gasteiger partial charge in [0.05, 0.1) is 10.0 Å². The number of nitrogens with one attached hydrogen (secondary N) is 1. The SMILES string of the molecule is C#CCC(C)NC(=O)c1cccc(N)c1Br. The number of nitrogens with two attached hydrogens (primary N) is 1. The summed E-state index contributed by atoms with van der Waals surface area (Å²) < 4.78 is 0.611. The second-order valence-electron chi connectivity index (χ2n) is 3.49. The zero-order valence-electron chi connectivity index (χ0n) is 8.96. The molecule has 0 aromatic heterocycles. The Morgan fingerprint density at radius 2 is 2.38 bits per heavy atom. The molecule has 0 aliphatic rings. The van der Waals surface area contributed by atoms with E-state index in [1.807, 2.05) is 6.92 Å². The van der Waals surface area contributed by atoms with Gasteiger partial charge in [-0.3, -0.25) is 4.79 Å². The molecule has 1 rings (SSSR count). The normalized spacial score (nSPS) is 11.6. The first kappa shape index (κ1) is 12.6. The highest BCUT2D eigenvalue weighted by atomic mass is 79.9. The standard InChI is InChI=1S/C12H13BrN2O/c1-3-5-8(2)15-12(16)9-6-4-7-10(14)11(9)13/h1,4,6-8H,5,14H2,2H3,(H,15,16). The van der Waals surface area contributed by atoms with Crippen LogP contribution in [0.2, 0.25) is 0 Å². The third-order valence-electron chi connectivity index (χ3n) is 2.07. The van der Waals surface area contributed by atoms with Gasteiger partial charge >= 0.3 is 0 Å². The van der Waals surface area contributed by atoms with E-state index in [9.17, 15) is 4.79 Å². The predicted octanol–water partition coefficient (Wildman–Crippen LogP) is 2.17. The third kappa shape index (κ3) is 3.01. The van der Waals surface area contributed by atoms with Crippen LogP contribution in [-0.4, -0.2) is 11.9 Å². The summed E-state index contributed by atoms with van der Waals surface area (Å²) in [4.78, 5) is 11.8. The summed E-state index contributed by atoms with van der Waals surface area (Å²) in [5, 5.41) is 2.80. The smallest absolute Gasteiger partial charge is 0.252 e. The number of anilines is 1. The minimum atomic E-state index is -0.179. The number of benzene rings is 1. The van der Waals surface area contributed by atoms with Gasteiger partial charge in [-0.2, -0.15) is 0 Å². The van der Waals surface area contributed by atoms with Gasteiger partial charge in [-0.15, -0.1) is 12.3 Å². The number of nitrogen functional groups attached to an aromatic ring is 1. The first-order chi connectivity index (χ1) is 7.56. The zero-order chi connectivity index (χ0) is 12.1. The molecule has 84 valence electrons. The topological polar surface area (TPSA) is 55.1 Å². The molecule has 1 unspecified atom stereocenters. The number of carbonyl (C=O) groups excluding carboxylic acids is 1. The lowest BCUT2D eigenvalue weighted by molar-refractivity contribution is 0.0940. The minimum Gasteiger partial charge on any atom is -0.398 e. The summed E-state index contributed by atoms with van der Waals surface area (Å²) in [6, 6.07) is 5.12. The van der Waals surface area contributed by atoms with E-state index in [0.717, 1.165) is 0 Å². The van der Waals surface area contributed by atoms with Gasteiger partial charge in [0, 0.05) is 18.2 Å². The van der Waals surface area contributed by atoms with Crippen molar-refractivity contribution in [2.24, 2.45) is 0 Å². The van der Waals surface area contributed by atoms with Crippen LogP contribution in [0.15, 0.2) is 22.7 Å². The summed E-state index contributed by atoms with van der Waals surface area (Å²) in [6.45, 7) is 1.86. The number of carbonyl (C=O) groups is 1. The van der Waals surface area contributed by atoms with Gasteiger partial charge in [0.2, 0.25) is 0 Å². The molecule has 0 saturated heterocycles. The largest absolute Gasteiger partial charge is 0.398 e. The van der Waals surface area contributed by atoms with E-state index >= 15 is 0 Å². The van der Waals surface area contributed by atoms with E-state index in [4.69, 9.17) is 12.2 Å². The fraction of sp³-hybridized carbons (Fsp3) is 0.250. The maximum atomic E-state index is 11.8. The summed E-state index contributed by atoms with van der Waals surface area (Å²) in [7, 11) is 0. The average molecular weight is 281 g/mol. The third-order valence-corrected chi connectivity index (χ3v) is 2.96. The van der Waals surface area contributed by atoms with Gasteiger partial charge in [-0.05, 0) is 35.0 Å². The molecule has 0 radical (unpaired) electrons. The first-order valence-electron chi connectivity index (χ1n) is 4.84. The van der Waals surface area contributed by atoms with Crippen LogP contribution >= 0.6 is 15.9 Å². The van der Waals surface area contributed by atoms with Crippen molar-refractivity contribution in [3.8, 4) is 12.3 Å². The maximum Gasteiger partial charge on any atom is 0.252 e. The lowest BCUT2D eigenvalue weighted by Crippen LogP contribution is -2.32. The van der Waals surface area contributed by atoms with Gasteiger partial charge in [0.25, 0.3) is 5.91 Å². The van der Waals surface area contributed by atoms with Crippen molar-refractivity contribution in [2.75, 3.05) is 5.73 Å². The quantitative estimate of drug-likeness (QED) is 0.659. The lowest BCUT2D eigenvalue weighted by Gasteiger charge is -2.12. The molecule has 4 heteroatoms. The van der Waals surface area contributed by atoms with E-state index < -0.39 is 0 Å². The number of halogens is 1. The van der Waals surface area contributed by atoms with Crippen molar-refractivity contribution in [3.05, 3.63) is 28.2 Å². The van der Waals surface area contributed by atoms with Crippen molar-refractivity contribution in [2.45, 2.75) is 19.4 Å². The van der Waals surface area contributed by atoms with Gasteiger partial charge < -0.3 is 11.1 Å². The van der Waals surface area contributed by atoms with Crippen LogP contribution in [0, 0.1) is 12.3 Å². The van der Waals surface area contributed by atoms with Crippen molar-refractivity contribution >= 4 is 27.5 Å². The Morgan fingerprint density at radius 1 is 1.69 bits per heavy atom. The van der Waals surface area contributed by atoms with Gasteiger partial charge in [-0.1, -0.05) is 6.07 Å². The molecular weight excluding hydrogens is 268 g/mol. The Hall–Kier alpha value is -1.47. The van der Waals surface area contributed by atoms with E-state index in [1.165, 1.54) is 0 Å². The van der Waals surface area contributed by atoms with Crippen LogP contribution in [0.4, 0.5) is 5.69 Å². The summed E-state index contributed by atoms with van der Waals surface area (Å²) in [6.07, 6.45) is 5.67. The number of hydrogen-bond donors (Lipinski definition) is 2. The second-order valence-corrected chi connectivity index (χ2v) is 4.28. The van der Waals surface area contributed by atoms with Crippen LogP contribution in [0.25, 0.3) is 0 Å². The molecule has 0 heterocycles. The fourth-order valence-corrected chi connectivity index (χ4v) is 1.70. The summed E-state index contributed by atoms with van der Waals surface area (Å²) in [5.74, 6) is 2.32. The maximum absolute atomic E-state index is 11.8. The number of rotatable bonds is 3. The van der Waals surface area contributed by atoms with Crippen LogP contribution in [0.3, 0.4) is 0 Å². The van der Waals surface area contributed by atoms with Crippen LogP contribution < -0.4 is 11.1 Å². The molecule has 0 fully saturated rings. The molecule has 0 aliphatic carbocycles. The Labute approximate surface area is 104 Å². The van der Waals surface area contributed by atoms with Crippen molar-refractivity contribution in [1.82, 2.24) is 5.32 Å². The average Bonchev–Trinajstić information content (AvgIpc) is 2.22. The minimum absolute atomic E-state index is 0.0502. The zero-order valence-corrected chi connectivity index (χ0v) is 10.5. The molecular formula is C12H13BrN2O. The predicted molar refractivity (Wildman–Crippen MR) is 68.9 cm³/mol. The van der Waals surface area contributed by atoms with E-state index in [-0.39, 0.29) is 11.9 Å².